The maximum atomic E-state index is 10.6. The van der Waals surface area contributed by atoms with E-state index in [-0.39, 0.29) is 0 Å². The van der Waals surface area contributed by atoms with Crippen molar-refractivity contribution in [3.63, 3.8) is 0 Å². The maximum Gasteiger partial charge on any atom is 0.100 e. The summed E-state index contributed by atoms with van der Waals surface area (Å²) in [5.74, 6) is 0. The van der Waals surface area contributed by atoms with Gasteiger partial charge in [-0.15, -0.1) is 0 Å². The Balaban J connectivity index is 1.99. The highest BCUT2D eigenvalue weighted by molar-refractivity contribution is 9.10. The van der Waals surface area contributed by atoms with E-state index in [0.29, 0.717) is 13.1 Å². The van der Waals surface area contributed by atoms with Crippen molar-refractivity contribution in [3.05, 3.63) is 51.8 Å². The Morgan fingerprint density at radius 2 is 2.10 bits per heavy atom. The molecular weight excluding hydrogens is 318 g/mol. The highest BCUT2D eigenvalue weighted by Crippen LogP contribution is 2.27. The van der Waals surface area contributed by atoms with Gasteiger partial charge in [-0.1, -0.05) is 34.1 Å². The predicted octanol–water partition coefficient (Wildman–Crippen LogP) is 2.49. The van der Waals surface area contributed by atoms with E-state index in [1.165, 1.54) is 0 Å². The Bertz CT molecular complexity index is 593. The van der Waals surface area contributed by atoms with Gasteiger partial charge in [-0.2, -0.15) is 5.10 Å². The third kappa shape index (κ3) is 3.48. The largest absolute Gasteiger partial charge is 0.384 e. The van der Waals surface area contributed by atoms with Crippen LogP contribution in [0.2, 0.25) is 0 Å². The number of halogens is 1. The number of nitrogens with zero attached hydrogens (tertiary/aromatic N) is 2. The molecule has 2 rings (SSSR count). The molecule has 0 fully saturated rings. The van der Waals surface area contributed by atoms with Crippen LogP contribution in [0.1, 0.15) is 23.7 Å². The van der Waals surface area contributed by atoms with Crippen molar-refractivity contribution >= 4 is 15.9 Å². The molecule has 0 aliphatic rings. The summed E-state index contributed by atoms with van der Waals surface area (Å²) in [5.41, 5.74) is 2.11. The van der Waals surface area contributed by atoms with Gasteiger partial charge in [-0.25, -0.2) is 0 Å². The molecule has 0 spiro atoms. The zero-order valence-corrected chi connectivity index (χ0v) is 13.6. The van der Waals surface area contributed by atoms with Crippen molar-refractivity contribution in [2.24, 2.45) is 7.05 Å². The van der Waals surface area contributed by atoms with Gasteiger partial charge in [-0.05, 0) is 31.0 Å². The van der Waals surface area contributed by atoms with Gasteiger partial charge in [0, 0.05) is 30.8 Å². The number of aromatic nitrogens is 2. The van der Waals surface area contributed by atoms with Crippen molar-refractivity contribution in [1.29, 1.82) is 0 Å². The number of aryl methyl sites for hydroxylation is 2. The molecule has 108 valence electrons. The first-order chi connectivity index (χ1) is 9.40. The van der Waals surface area contributed by atoms with E-state index in [9.17, 15) is 5.11 Å². The first kappa shape index (κ1) is 15.2. The monoisotopic (exact) mass is 337 g/mol. The fourth-order valence-electron chi connectivity index (χ4n) is 2.25. The molecule has 4 nitrogen and oxygen atoms in total. The van der Waals surface area contributed by atoms with Gasteiger partial charge in [0.1, 0.15) is 5.60 Å². The topological polar surface area (TPSA) is 50.1 Å². The molecule has 0 bridgehead atoms. The molecule has 0 aliphatic heterocycles. The summed E-state index contributed by atoms with van der Waals surface area (Å²) >= 11 is 3.48. The molecular formula is C15H20BrN3O. The van der Waals surface area contributed by atoms with Crippen molar-refractivity contribution in [1.82, 2.24) is 15.1 Å². The van der Waals surface area contributed by atoms with Crippen LogP contribution in [0, 0.1) is 6.92 Å². The van der Waals surface area contributed by atoms with E-state index >= 15 is 0 Å². The van der Waals surface area contributed by atoms with Gasteiger partial charge in [-0.3, -0.25) is 4.68 Å². The van der Waals surface area contributed by atoms with Gasteiger partial charge in [0.2, 0.25) is 0 Å². The van der Waals surface area contributed by atoms with E-state index in [1.807, 2.05) is 51.4 Å². The van der Waals surface area contributed by atoms with Crippen LogP contribution in [0.5, 0.6) is 0 Å². The third-order valence-corrected chi connectivity index (χ3v) is 4.02. The second kappa shape index (κ2) is 6.08. The molecule has 0 radical (unpaired) electrons. The molecule has 5 heteroatoms. The van der Waals surface area contributed by atoms with Gasteiger partial charge >= 0.3 is 0 Å². The predicted molar refractivity (Wildman–Crippen MR) is 83.4 cm³/mol. The van der Waals surface area contributed by atoms with Crippen LogP contribution >= 0.6 is 15.9 Å². The Hall–Kier alpha value is -1.17. The van der Waals surface area contributed by atoms with Gasteiger partial charge in [0.15, 0.2) is 0 Å². The van der Waals surface area contributed by atoms with Crippen LogP contribution in [0.4, 0.5) is 0 Å². The first-order valence-corrected chi connectivity index (χ1v) is 7.36. The lowest BCUT2D eigenvalue weighted by Gasteiger charge is -2.25. The van der Waals surface area contributed by atoms with E-state index < -0.39 is 5.60 Å². The zero-order chi connectivity index (χ0) is 14.8. The minimum atomic E-state index is -0.928. The standard InChI is InChI=1S/C15H20BrN3O/c1-11-9-19(3)18-14(11)8-17-10-15(2,20)12-6-4-5-7-13(12)16/h4-7,9,17,20H,8,10H2,1-3H3. The molecule has 0 saturated carbocycles. The van der Waals surface area contributed by atoms with Crippen molar-refractivity contribution < 1.29 is 5.11 Å². The lowest BCUT2D eigenvalue weighted by atomic mass is 9.96. The minimum Gasteiger partial charge on any atom is -0.384 e. The summed E-state index contributed by atoms with van der Waals surface area (Å²) < 4.78 is 2.72. The van der Waals surface area contributed by atoms with Crippen molar-refractivity contribution in [3.8, 4) is 0 Å². The van der Waals surface area contributed by atoms with Crippen LogP contribution in [0.25, 0.3) is 0 Å². The molecule has 0 amide bonds. The van der Waals surface area contributed by atoms with Crippen LogP contribution in [0.15, 0.2) is 34.9 Å². The zero-order valence-electron chi connectivity index (χ0n) is 12.0. The highest BCUT2D eigenvalue weighted by Gasteiger charge is 2.24. The molecule has 1 unspecified atom stereocenters. The molecule has 1 atom stereocenters. The minimum absolute atomic E-state index is 0.464. The average Bonchev–Trinajstić information content (AvgIpc) is 2.68. The fraction of sp³-hybridized carbons (Fsp3) is 0.400. The molecule has 2 N–H and O–H groups in total. The second-order valence-corrected chi connectivity index (χ2v) is 6.14. The van der Waals surface area contributed by atoms with Gasteiger partial charge < -0.3 is 10.4 Å². The average molecular weight is 338 g/mol. The summed E-state index contributed by atoms with van der Waals surface area (Å²) in [4.78, 5) is 0. The number of hydrogen-bond acceptors (Lipinski definition) is 3. The quantitative estimate of drug-likeness (QED) is 0.881. The van der Waals surface area contributed by atoms with Crippen LogP contribution in [-0.2, 0) is 19.2 Å². The Labute approximate surface area is 127 Å². The fourth-order valence-corrected chi connectivity index (χ4v) is 2.96. The van der Waals surface area contributed by atoms with E-state index in [2.05, 4.69) is 26.3 Å². The molecule has 1 heterocycles. The van der Waals surface area contributed by atoms with Crippen LogP contribution < -0.4 is 5.32 Å². The molecule has 0 aliphatic carbocycles. The molecule has 2 aromatic rings. The Kier molecular flexibility index (Phi) is 4.62. The maximum absolute atomic E-state index is 10.6. The molecule has 0 saturated heterocycles. The number of rotatable bonds is 5. The number of aliphatic hydroxyl groups is 1. The normalized spacial score (nSPS) is 14.2. The van der Waals surface area contributed by atoms with Crippen molar-refractivity contribution in [2.75, 3.05) is 6.54 Å². The number of hydrogen-bond donors (Lipinski definition) is 2. The summed E-state index contributed by atoms with van der Waals surface area (Å²) in [7, 11) is 1.91. The molecule has 1 aromatic heterocycles. The molecule has 1 aromatic carbocycles. The van der Waals surface area contributed by atoms with Crippen LogP contribution in [0.3, 0.4) is 0 Å². The summed E-state index contributed by atoms with van der Waals surface area (Å²) in [5, 5.41) is 18.3. The molecule has 20 heavy (non-hydrogen) atoms. The van der Waals surface area contributed by atoms with Crippen LogP contribution in [-0.4, -0.2) is 21.4 Å². The van der Waals surface area contributed by atoms with E-state index in [0.717, 1.165) is 21.3 Å². The smallest absolute Gasteiger partial charge is 0.100 e. The summed E-state index contributed by atoms with van der Waals surface area (Å²) in [6, 6.07) is 7.73. The highest BCUT2D eigenvalue weighted by atomic mass is 79.9. The van der Waals surface area contributed by atoms with Gasteiger partial charge in [0.05, 0.1) is 5.69 Å². The number of benzene rings is 1. The lowest BCUT2D eigenvalue weighted by Crippen LogP contribution is -2.35. The van der Waals surface area contributed by atoms with Crippen molar-refractivity contribution in [2.45, 2.75) is 26.0 Å². The second-order valence-electron chi connectivity index (χ2n) is 5.29. The number of nitrogens with one attached hydrogen (secondary N) is 1. The van der Waals surface area contributed by atoms with E-state index in [1.54, 1.807) is 4.68 Å². The summed E-state index contributed by atoms with van der Waals surface area (Å²) in [6.07, 6.45) is 1.99. The van der Waals surface area contributed by atoms with E-state index in [4.69, 9.17) is 0 Å². The third-order valence-electron chi connectivity index (χ3n) is 3.33. The Morgan fingerprint density at radius 3 is 2.70 bits per heavy atom. The first-order valence-electron chi connectivity index (χ1n) is 6.57. The Morgan fingerprint density at radius 1 is 1.40 bits per heavy atom. The SMILES string of the molecule is Cc1cn(C)nc1CNCC(C)(O)c1ccccc1Br. The summed E-state index contributed by atoms with van der Waals surface area (Å²) in [6.45, 7) is 4.96. The van der Waals surface area contributed by atoms with Gasteiger partial charge in [0.25, 0.3) is 0 Å². The lowest BCUT2D eigenvalue weighted by molar-refractivity contribution is 0.0558.